The second-order valence-electron chi connectivity index (χ2n) is 5.42. The molecule has 0 radical (unpaired) electrons. The van der Waals surface area contributed by atoms with Gasteiger partial charge in [-0.05, 0) is 36.4 Å². The first-order valence-corrected chi connectivity index (χ1v) is 7.37. The molecule has 1 aliphatic rings. The quantitative estimate of drug-likeness (QED) is 0.937. The monoisotopic (exact) mass is 313 g/mol. The van der Waals surface area contributed by atoms with Crippen molar-refractivity contribution in [3.05, 3.63) is 60.2 Å². The van der Waals surface area contributed by atoms with Gasteiger partial charge in [0.05, 0.1) is 18.2 Å². The van der Waals surface area contributed by atoms with Gasteiger partial charge in [0, 0.05) is 24.8 Å². The number of amides is 2. The molecule has 1 aromatic heterocycles. The molecule has 0 aliphatic carbocycles. The zero-order valence-corrected chi connectivity index (χ0v) is 12.4. The molecule has 1 atom stereocenters. The smallest absolute Gasteiger partial charge is 0.227 e. The maximum atomic E-state index is 13.0. The molecule has 2 aromatic rings. The summed E-state index contributed by atoms with van der Waals surface area (Å²) in [5, 5.41) is 2.80. The lowest BCUT2D eigenvalue weighted by molar-refractivity contribution is -0.126. The molecule has 0 saturated carbocycles. The van der Waals surface area contributed by atoms with Crippen LogP contribution in [0.5, 0.6) is 0 Å². The van der Waals surface area contributed by atoms with E-state index in [2.05, 4.69) is 10.3 Å². The number of nitrogens with zero attached hydrogens (tertiary/aromatic N) is 2. The largest absolute Gasteiger partial charge is 0.350 e. The van der Waals surface area contributed by atoms with Gasteiger partial charge in [-0.2, -0.15) is 0 Å². The molecule has 0 bridgehead atoms. The molecule has 1 N–H and O–H groups in total. The van der Waals surface area contributed by atoms with Crippen LogP contribution in [-0.4, -0.2) is 23.3 Å². The van der Waals surface area contributed by atoms with Gasteiger partial charge in [-0.3, -0.25) is 14.6 Å². The minimum Gasteiger partial charge on any atom is -0.350 e. The Labute approximate surface area is 133 Å². The number of nitrogens with one attached hydrogen (secondary N) is 1. The lowest BCUT2D eigenvalue weighted by atomic mass is 10.1. The van der Waals surface area contributed by atoms with Gasteiger partial charge in [-0.1, -0.05) is 6.07 Å². The maximum Gasteiger partial charge on any atom is 0.227 e. The predicted octanol–water partition coefficient (Wildman–Crippen LogP) is 1.89. The van der Waals surface area contributed by atoms with Gasteiger partial charge < -0.3 is 10.2 Å². The number of carbonyl (C=O) groups is 2. The molecule has 3 rings (SSSR count). The molecule has 2 heterocycles. The highest BCUT2D eigenvalue weighted by molar-refractivity contribution is 6.00. The van der Waals surface area contributed by atoms with Gasteiger partial charge in [0.25, 0.3) is 0 Å². The summed E-state index contributed by atoms with van der Waals surface area (Å²) in [6.45, 7) is 0.638. The Morgan fingerprint density at radius 2 is 2.04 bits per heavy atom. The summed E-state index contributed by atoms with van der Waals surface area (Å²) in [7, 11) is 0. The average Bonchev–Trinajstić information content (AvgIpc) is 2.96. The number of benzene rings is 1. The Morgan fingerprint density at radius 3 is 2.74 bits per heavy atom. The van der Waals surface area contributed by atoms with E-state index in [9.17, 15) is 14.0 Å². The SMILES string of the molecule is O=C(NCc1ccccn1)[C@@H]1CC(=O)N(c2ccc(F)cc2)C1. The molecule has 1 aliphatic heterocycles. The van der Waals surface area contributed by atoms with Gasteiger partial charge >= 0.3 is 0 Å². The van der Waals surface area contributed by atoms with Gasteiger partial charge in [-0.15, -0.1) is 0 Å². The fourth-order valence-corrected chi connectivity index (χ4v) is 2.58. The van der Waals surface area contributed by atoms with E-state index in [4.69, 9.17) is 0 Å². The topological polar surface area (TPSA) is 62.3 Å². The Kier molecular flexibility index (Phi) is 4.32. The van der Waals surface area contributed by atoms with Crippen LogP contribution in [0.15, 0.2) is 48.7 Å². The van der Waals surface area contributed by atoms with E-state index in [1.807, 2.05) is 18.2 Å². The standard InChI is InChI=1S/C17H16FN3O2/c18-13-4-6-15(7-5-13)21-11-12(9-16(21)22)17(23)20-10-14-3-1-2-8-19-14/h1-8,12H,9-11H2,(H,20,23)/t12-/m1/s1. The fourth-order valence-electron chi connectivity index (χ4n) is 2.58. The van der Waals surface area contributed by atoms with E-state index in [1.165, 1.54) is 17.0 Å². The summed E-state index contributed by atoms with van der Waals surface area (Å²) in [4.78, 5) is 30.0. The zero-order chi connectivity index (χ0) is 16.2. The molecule has 5 nitrogen and oxygen atoms in total. The second kappa shape index (κ2) is 6.56. The van der Waals surface area contributed by atoms with E-state index in [1.54, 1.807) is 18.3 Å². The number of carbonyl (C=O) groups excluding carboxylic acids is 2. The number of pyridine rings is 1. The first kappa shape index (κ1) is 15.1. The third-order valence-corrected chi connectivity index (χ3v) is 3.80. The Balaban J connectivity index is 1.60. The van der Waals surface area contributed by atoms with Gasteiger partial charge in [-0.25, -0.2) is 4.39 Å². The summed E-state index contributed by atoms with van der Waals surface area (Å²) in [6, 6.07) is 11.2. The van der Waals surface area contributed by atoms with E-state index >= 15 is 0 Å². The van der Waals surface area contributed by atoms with E-state index in [-0.39, 0.29) is 24.1 Å². The normalized spacial score (nSPS) is 17.3. The molecule has 23 heavy (non-hydrogen) atoms. The number of hydrogen-bond donors (Lipinski definition) is 1. The van der Waals surface area contributed by atoms with Crippen molar-refractivity contribution in [3.8, 4) is 0 Å². The van der Waals surface area contributed by atoms with Crippen LogP contribution >= 0.6 is 0 Å². The summed E-state index contributed by atoms with van der Waals surface area (Å²) >= 11 is 0. The first-order valence-electron chi connectivity index (χ1n) is 7.37. The molecule has 1 saturated heterocycles. The summed E-state index contributed by atoms with van der Waals surface area (Å²) in [5.41, 5.74) is 1.37. The van der Waals surface area contributed by atoms with Crippen LogP contribution in [0, 0.1) is 11.7 Å². The van der Waals surface area contributed by atoms with Crippen molar-refractivity contribution in [1.29, 1.82) is 0 Å². The molecular weight excluding hydrogens is 297 g/mol. The minimum absolute atomic E-state index is 0.130. The van der Waals surface area contributed by atoms with Gasteiger partial charge in [0.2, 0.25) is 11.8 Å². The number of rotatable bonds is 4. The van der Waals surface area contributed by atoms with Crippen molar-refractivity contribution in [2.75, 3.05) is 11.4 Å². The average molecular weight is 313 g/mol. The molecule has 2 amide bonds. The molecule has 1 fully saturated rings. The van der Waals surface area contributed by atoms with Crippen LogP contribution in [-0.2, 0) is 16.1 Å². The van der Waals surface area contributed by atoms with Crippen LogP contribution in [0.4, 0.5) is 10.1 Å². The highest BCUT2D eigenvalue weighted by Crippen LogP contribution is 2.25. The second-order valence-corrected chi connectivity index (χ2v) is 5.42. The van der Waals surface area contributed by atoms with Crippen LogP contribution in [0.2, 0.25) is 0 Å². The highest BCUT2D eigenvalue weighted by Gasteiger charge is 2.34. The zero-order valence-electron chi connectivity index (χ0n) is 12.4. The maximum absolute atomic E-state index is 13.0. The Bertz CT molecular complexity index is 704. The van der Waals surface area contributed by atoms with Crippen LogP contribution in [0.3, 0.4) is 0 Å². The highest BCUT2D eigenvalue weighted by atomic mass is 19.1. The van der Waals surface area contributed by atoms with E-state index in [0.29, 0.717) is 18.8 Å². The molecule has 0 unspecified atom stereocenters. The lowest BCUT2D eigenvalue weighted by Gasteiger charge is -2.16. The van der Waals surface area contributed by atoms with E-state index < -0.39 is 5.92 Å². The van der Waals surface area contributed by atoms with Crippen molar-refractivity contribution < 1.29 is 14.0 Å². The fraction of sp³-hybridized carbons (Fsp3) is 0.235. The predicted molar refractivity (Wildman–Crippen MR) is 82.9 cm³/mol. The summed E-state index contributed by atoms with van der Waals surface area (Å²) in [5.74, 6) is -1.07. The number of halogens is 1. The van der Waals surface area contributed by atoms with Crippen molar-refractivity contribution in [1.82, 2.24) is 10.3 Å². The minimum atomic E-state index is -0.406. The Hall–Kier alpha value is -2.76. The summed E-state index contributed by atoms with van der Waals surface area (Å²) in [6.07, 6.45) is 1.82. The lowest BCUT2D eigenvalue weighted by Crippen LogP contribution is -2.32. The Morgan fingerprint density at radius 1 is 1.26 bits per heavy atom. The summed E-state index contributed by atoms with van der Waals surface area (Å²) < 4.78 is 13.0. The third-order valence-electron chi connectivity index (χ3n) is 3.80. The molecule has 118 valence electrons. The molecule has 1 aromatic carbocycles. The number of anilines is 1. The first-order chi connectivity index (χ1) is 11.1. The van der Waals surface area contributed by atoms with Gasteiger partial charge in [0.15, 0.2) is 0 Å². The van der Waals surface area contributed by atoms with Crippen molar-refractivity contribution in [2.45, 2.75) is 13.0 Å². The number of hydrogen-bond acceptors (Lipinski definition) is 3. The molecule has 6 heteroatoms. The third kappa shape index (κ3) is 3.53. The van der Waals surface area contributed by atoms with Crippen molar-refractivity contribution in [3.63, 3.8) is 0 Å². The number of aromatic nitrogens is 1. The van der Waals surface area contributed by atoms with Crippen molar-refractivity contribution in [2.24, 2.45) is 5.92 Å². The van der Waals surface area contributed by atoms with Crippen LogP contribution in [0.1, 0.15) is 12.1 Å². The van der Waals surface area contributed by atoms with Crippen LogP contribution < -0.4 is 10.2 Å². The molecule has 0 spiro atoms. The van der Waals surface area contributed by atoms with E-state index in [0.717, 1.165) is 5.69 Å². The van der Waals surface area contributed by atoms with Crippen molar-refractivity contribution >= 4 is 17.5 Å². The molecular formula is C17H16FN3O2. The van der Waals surface area contributed by atoms with Crippen LogP contribution in [0.25, 0.3) is 0 Å². The van der Waals surface area contributed by atoms with Gasteiger partial charge in [0.1, 0.15) is 5.82 Å².